The van der Waals surface area contributed by atoms with E-state index in [0.29, 0.717) is 24.3 Å². The number of nitrogens with two attached hydrogens (primary N) is 1. The van der Waals surface area contributed by atoms with Gasteiger partial charge in [-0.15, -0.1) is 0 Å². The Balaban J connectivity index is 2.16. The lowest BCUT2D eigenvalue weighted by Gasteiger charge is -2.12. The maximum absolute atomic E-state index is 13.4. The summed E-state index contributed by atoms with van der Waals surface area (Å²) in [6.07, 6.45) is 0.696. The molecule has 2 rings (SSSR count). The maximum Gasteiger partial charge on any atom is 0.124 e. The van der Waals surface area contributed by atoms with Crippen molar-refractivity contribution >= 4 is 15.9 Å². The summed E-state index contributed by atoms with van der Waals surface area (Å²) in [7, 11) is 0. The Morgan fingerprint density at radius 1 is 1.24 bits per heavy atom. The van der Waals surface area contributed by atoms with E-state index in [4.69, 9.17) is 15.7 Å². The summed E-state index contributed by atoms with van der Waals surface area (Å²) in [6.45, 7) is 0.719. The monoisotopic (exact) mass is 348 g/mol. The van der Waals surface area contributed by atoms with Gasteiger partial charge in [-0.05, 0) is 60.5 Å². The predicted octanol–water partition coefficient (Wildman–Crippen LogP) is 3.54. The van der Waals surface area contributed by atoms with Crippen LogP contribution in [0.3, 0.4) is 0 Å². The molecule has 0 aliphatic carbocycles. The van der Waals surface area contributed by atoms with Crippen LogP contribution in [0.4, 0.5) is 4.39 Å². The molecular formula is C16H14BrFN2O. The summed E-state index contributed by atoms with van der Waals surface area (Å²) >= 11 is 3.41. The number of rotatable bonds is 5. The van der Waals surface area contributed by atoms with E-state index in [1.807, 2.05) is 24.3 Å². The molecule has 0 saturated carbocycles. The van der Waals surface area contributed by atoms with Gasteiger partial charge in [0, 0.05) is 4.47 Å². The Labute approximate surface area is 131 Å². The average molecular weight is 349 g/mol. The summed E-state index contributed by atoms with van der Waals surface area (Å²) in [5, 5.41) is 8.84. The summed E-state index contributed by atoms with van der Waals surface area (Å²) in [6, 6.07) is 11.8. The van der Waals surface area contributed by atoms with Gasteiger partial charge in [0.1, 0.15) is 18.2 Å². The molecule has 0 spiro atoms. The van der Waals surface area contributed by atoms with Crippen LogP contribution in [-0.4, -0.2) is 6.54 Å². The second-order valence-electron chi connectivity index (χ2n) is 4.54. The zero-order chi connectivity index (χ0) is 15.2. The van der Waals surface area contributed by atoms with Crippen LogP contribution < -0.4 is 10.5 Å². The van der Waals surface area contributed by atoms with Crippen LogP contribution in [0.5, 0.6) is 5.75 Å². The third-order valence-electron chi connectivity index (χ3n) is 2.92. The number of nitriles is 1. The molecule has 0 amide bonds. The van der Waals surface area contributed by atoms with E-state index in [-0.39, 0.29) is 12.2 Å². The first kappa shape index (κ1) is 15.5. The van der Waals surface area contributed by atoms with Gasteiger partial charge in [0.15, 0.2) is 0 Å². The van der Waals surface area contributed by atoms with E-state index < -0.39 is 5.82 Å². The van der Waals surface area contributed by atoms with Gasteiger partial charge in [-0.3, -0.25) is 0 Å². The van der Waals surface area contributed by atoms with E-state index in [2.05, 4.69) is 15.9 Å². The largest absolute Gasteiger partial charge is 0.489 e. The topological polar surface area (TPSA) is 59.0 Å². The first-order chi connectivity index (χ1) is 10.1. The van der Waals surface area contributed by atoms with Gasteiger partial charge in [0.05, 0.1) is 11.6 Å². The Morgan fingerprint density at radius 3 is 2.76 bits per heavy atom. The highest BCUT2D eigenvalue weighted by atomic mass is 79.9. The van der Waals surface area contributed by atoms with Crippen LogP contribution in [0, 0.1) is 17.1 Å². The van der Waals surface area contributed by atoms with Crippen LogP contribution in [0.15, 0.2) is 40.9 Å². The molecule has 0 aliphatic heterocycles. The lowest BCUT2D eigenvalue weighted by Crippen LogP contribution is -2.05. The van der Waals surface area contributed by atoms with Gasteiger partial charge in [0.25, 0.3) is 0 Å². The second-order valence-corrected chi connectivity index (χ2v) is 5.46. The first-order valence-corrected chi connectivity index (χ1v) is 7.22. The minimum Gasteiger partial charge on any atom is -0.489 e. The molecule has 2 N–H and O–H groups in total. The van der Waals surface area contributed by atoms with Gasteiger partial charge < -0.3 is 10.5 Å². The number of halogens is 2. The van der Waals surface area contributed by atoms with E-state index in [1.54, 1.807) is 6.07 Å². The molecule has 0 radical (unpaired) electrons. The molecule has 0 aliphatic rings. The zero-order valence-corrected chi connectivity index (χ0v) is 12.9. The maximum atomic E-state index is 13.4. The lowest BCUT2D eigenvalue weighted by molar-refractivity contribution is 0.302. The average Bonchev–Trinajstić information content (AvgIpc) is 2.46. The summed E-state index contributed by atoms with van der Waals surface area (Å²) in [5.41, 5.74) is 7.48. The fourth-order valence-corrected chi connectivity index (χ4v) is 2.41. The Morgan fingerprint density at radius 2 is 2.05 bits per heavy atom. The molecule has 5 heteroatoms. The Bertz CT molecular complexity index is 682. The van der Waals surface area contributed by atoms with Gasteiger partial charge in [-0.1, -0.05) is 15.9 Å². The SMILES string of the molecule is N#Cc1cc(F)cc(COc2ccc(Br)cc2CCN)c1. The molecule has 108 valence electrons. The fraction of sp³-hybridized carbons (Fsp3) is 0.188. The summed E-state index contributed by atoms with van der Waals surface area (Å²) < 4.78 is 20.1. The number of ether oxygens (including phenoxy) is 1. The molecule has 2 aromatic carbocycles. The van der Waals surface area contributed by atoms with Crippen LogP contribution in [0.25, 0.3) is 0 Å². The Hall–Kier alpha value is -1.90. The van der Waals surface area contributed by atoms with Crippen LogP contribution in [0.2, 0.25) is 0 Å². The van der Waals surface area contributed by atoms with Crippen molar-refractivity contribution in [2.45, 2.75) is 13.0 Å². The van der Waals surface area contributed by atoms with Crippen molar-refractivity contribution in [3.05, 3.63) is 63.4 Å². The van der Waals surface area contributed by atoms with E-state index >= 15 is 0 Å². The second kappa shape index (κ2) is 7.21. The van der Waals surface area contributed by atoms with E-state index in [9.17, 15) is 4.39 Å². The van der Waals surface area contributed by atoms with Crippen molar-refractivity contribution in [3.63, 3.8) is 0 Å². The molecule has 21 heavy (non-hydrogen) atoms. The summed E-state index contributed by atoms with van der Waals surface area (Å²) in [5.74, 6) is 0.275. The predicted molar refractivity (Wildman–Crippen MR) is 82.3 cm³/mol. The number of benzene rings is 2. The van der Waals surface area contributed by atoms with Gasteiger partial charge in [-0.25, -0.2) is 4.39 Å². The highest BCUT2D eigenvalue weighted by Crippen LogP contribution is 2.24. The number of hydrogen-bond acceptors (Lipinski definition) is 3. The minimum absolute atomic E-state index is 0.200. The number of nitrogens with zero attached hydrogens (tertiary/aromatic N) is 1. The highest BCUT2D eigenvalue weighted by Gasteiger charge is 2.06. The van der Waals surface area contributed by atoms with Gasteiger partial charge in [-0.2, -0.15) is 5.26 Å². The third-order valence-corrected chi connectivity index (χ3v) is 3.41. The molecule has 0 atom stereocenters. The number of hydrogen-bond donors (Lipinski definition) is 1. The molecule has 3 nitrogen and oxygen atoms in total. The molecule has 0 fully saturated rings. The molecule has 2 aromatic rings. The van der Waals surface area contributed by atoms with Crippen LogP contribution in [0.1, 0.15) is 16.7 Å². The minimum atomic E-state index is -0.439. The molecule has 0 unspecified atom stereocenters. The van der Waals surface area contributed by atoms with Crippen molar-refractivity contribution in [1.29, 1.82) is 5.26 Å². The van der Waals surface area contributed by atoms with Crippen molar-refractivity contribution in [2.24, 2.45) is 5.73 Å². The van der Waals surface area contributed by atoms with Gasteiger partial charge >= 0.3 is 0 Å². The standard InChI is InChI=1S/C16H14BrFN2O/c17-14-1-2-16(13(8-14)3-4-19)21-10-12-5-11(9-20)6-15(18)7-12/h1-2,5-8H,3-4,10,19H2. The van der Waals surface area contributed by atoms with Crippen molar-refractivity contribution < 1.29 is 9.13 Å². The highest BCUT2D eigenvalue weighted by molar-refractivity contribution is 9.10. The Kier molecular flexibility index (Phi) is 5.32. The summed E-state index contributed by atoms with van der Waals surface area (Å²) in [4.78, 5) is 0. The van der Waals surface area contributed by atoms with Crippen LogP contribution >= 0.6 is 15.9 Å². The lowest BCUT2D eigenvalue weighted by atomic mass is 10.1. The van der Waals surface area contributed by atoms with Gasteiger partial charge in [0.2, 0.25) is 0 Å². The van der Waals surface area contributed by atoms with E-state index in [0.717, 1.165) is 10.0 Å². The molecule has 0 heterocycles. The normalized spacial score (nSPS) is 10.2. The van der Waals surface area contributed by atoms with Crippen LogP contribution in [-0.2, 0) is 13.0 Å². The molecule has 0 saturated heterocycles. The van der Waals surface area contributed by atoms with E-state index in [1.165, 1.54) is 12.1 Å². The van der Waals surface area contributed by atoms with Crippen molar-refractivity contribution in [3.8, 4) is 11.8 Å². The molecular weight excluding hydrogens is 335 g/mol. The van der Waals surface area contributed by atoms with Crippen molar-refractivity contribution in [1.82, 2.24) is 0 Å². The fourth-order valence-electron chi connectivity index (χ4n) is 2.00. The molecule has 0 bridgehead atoms. The zero-order valence-electron chi connectivity index (χ0n) is 11.3. The smallest absolute Gasteiger partial charge is 0.124 e. The third kappa shape index (κ3) is 4.28. The molecule has 0 aromatic heterocycles. The first-order valence-electron chi connectivity index (χ1n) is 6.43. The van der Waals surface area contributed by atoms with Crippen molar-refractivity contribution in [2.75, 3.05) is 6.54 Å². The quantitative estimate of drug-likeness (QED) is 0.898.